The first kappa shape index (κ1) is 20.7. The van der Waals surface area contributed by atoms with Crippen molar-refractivity contribution in [2.45, 2.75) is 32.9 Å². The van der Waals surface area contributed by atoms with Crippen LogP contribution in [0.5, 0.6) is 0 Å². The fourth-order valence-corrected chi connectivity index (χ4v) is 2.98. The minimum Gasteiger partial charge on any atom is -0.480 e. The van der Waals surface area contributed by atoms with E-state index in [1.165, 1.54) is 11.0 Å². The normalized spacial score (nSPS) is 14.7. The van der Waals surface area contributed by atoms with Crippen LogP contribution in [0.2, 0.25) is 0 Å². The maximum absolute atomic E-state index is 13.3. The molecule has 1 aliphatic rings. The fraction of sp³-hybridized carbons (Fsp3) is 0.500. The molecular weight excluding hydrogens is 365 g/mol. The molecule has 1 heterocycles. The predicted octanol–water partition coefficient (Wildman–Crippen LogP) is 3.02. The minimum absolute atomic E-state index is 0.00417. The molecule has 0 bridgehead atoms. The van der Waals surface area contributed by atoms with E-state index < -0.39 is 30.2 Å². The molecule has 6 nitrogen and oxygen atoms in total. The Hall–Kier alpha value is -2.58. The topological polar surface area (TPSA) is 77.9 Å². The number of halogens is 3. The average Bonchev–Trinajstić information content (AvgIpc) is 2.97. The van der Waals surface area contributed by atoms with Gasteiger partial charge in [-0.15, -0.1) is 0 Å². The molecule has 1 aliphatic heterocycles. The van der Waals surface area contributed by atoms with Gasteiger partial charge in [-0.05, 0) is 30.5 Å². The van der Waals surface area contributed by atoms with Crippen LogP contribution in [0.15, 0.2) is 18.2 Å². The number of nitrogens with zero attached hydrogens (tertiary/aromatic N) is 2. The largest absolute Gasteiger partial charge is 0.480 e. The highest BCUT2D eigenvalue weighted by atomic mass is 19.4. The standard InChI is InChI=1S/C18H21F3N2O4/c1-11(2)9-22(10-16(25)26)17(27)12-6-13(18(19,20)21)8-14(7-12)23-5-3-4-15(23)24/h6-8,11H,3-5,9-10H2,1-2H3,(H,25,26). The molecule has 0 aromatic heterocycles. The minimum atomic E-state index is -4.70. The van der Waals surface area contributed by atoms with Crippen LogP contribution in [-0.4, -0.2) is 47.4 Å². The highest BCUT2D eigenvalue weighted by molar-refractivity contribution is 6.00. The third-order valence-electron chi connectivity index (χ3n) is 4.08. The first-order valence-corrected chi connectivity index (χ1v) is 8.52. The number of carbonyl (C=O) groups is 3. The molecule has 1 saturated heterocycles. The monoisotopic (exact) mass is 386 g/mol. The summed E-state index contributed by atoms with van der Waals surface area (Å²) in [7, 11) is 0. The molecule has 0 aliphatic carbocycles. The lowest BCUT2D eigenvalue weighted by Crippen LogP contribution is -2.38. The quantitative estimate of drug-likeness (QED) is 0.815. The zero-order chi connectivity index (χ0) is 20.4. The maximum Gasteiger partial charge on any atom is 0.416 e. The number of benzene rings is 1. The van der Waals surface area contributed by atoms with Gasteiger partial charge in [0.25, 0.3) is 5.91 Å². The van der Waals surface area contributed by atoms with Gasteiger partial charge in [0.05, 0.1) is 5.56 Å². The van der Waals surface area contributed by atoms with Gasteiger partial charge in [-0.2, -0.15) is 13.2 Å². The Balaban J connectivity index is 2.48. The van der Waals surface area contributed by atoms with Crippen LogP contribution in [0.25, 0.3) is 0 Å². The highest BCUT2D eigenvalue weighted by Gasteiger charge is 2.34. The lowest BCUT2D eigenvalue weighted by molar-refractivity contribution is -0.138. The number of rotatable bonds is 6. The van der Waals surface area contributed by atoms with E-state index in [-0.39, 0.29) is 42.6 Å². The van der Waals surface area contributed by atoms with Crippen LogP contribution in [-0.2, 0) is 15.8 Å². The number of hydrogen-bond donors (Lipinski definition) is 1. The Morgan fingerprint density at radius 1 is 1.26 bits per heavy atom. The summed E-state index contributed by atoms with van der Waals surface area (Å²) in [5.74, 6) is -2.45. The Kier molecular flexibility index (Phi) is 6.12. The first-order valence-electron chi connectivity index (χ1n) is 8.52. The second-order valence-corrected chi connectivity index (χ2v) is 6.89. The second kappa shape index (κ2) is 7.98. The van der Waals surface area contributed by atoms with Crippen molar-refractivity contribution in [3.8, 4) is 0 Å². The number of carboxylic acid groups (broad SMARTS) is 1. The lowest BCUT2D eigenvalue weighted by atomic mass is 10.1. The summed E-state index contributed by atoms with van der Waals surface area (Å²) in [6, 6.07) is 2.75. The summed E-state index contributed by atoms with van der Waals surface area (Å²) < 4.78 is 39.9. The Labute approximate surface area is 154 Å². The molecule has 0 atom stereocenters. The van der Waals surface area contributed by atoms with Crippen molar-refractivity contribution in [3.63, 3.8) is 0 Å². The second-order valence-electron chi connectivity index (χ2n) is 6.89. The van der Waals surface area contributed by atoms with Crippen LogP contribution < -0.4 is 4.90 Å². The Morgan fingerprint density at radius 3 is 2.41 bits per heavy atom. The van der Waals surface area contributed by atoms with Crippen LogP contribution >= 0.6 is 0 Å². The molecule has 2 rings (SSSR count). The SMILES string of the molecule is CC(C)CN(CC(=O)O)C(=O)c1cc(N2CCCC2=O)cc(C(F)(F)F)c1. The number of aliphatic carboxylic acids is 1. The number of alkyl halides is 3. The van der Waals surface area contributed by atoms with Crippen molar-refractivity contribution < 1.29 is 32.7 Å². The number of carbonyl (C=O) groups excluding carboxylic acids is 2. The molecule has 2 amide bonds. The van der Waals surface area contributed by atoms with Gasteiger partial charge in [-0.1, -0.05) is 13.8 Å². The van der Waals surface area contributed by atoms with Crippen molar-refractivity contribution in [3.05, 3.63) is 29.3 Å². The summed E-state index contributed by atoms with van der Waals surface area (Å²) in [6.45, 7) is 3.27. The van der Waals surface area contributed by atoms with E-state index in [4.69, 9.17) is 5.11 Å². The summed E-state index contributed by atoms with van der Waals surface area (Å²) in [4.78, 5) is 37.9. The van der Waals surface area contributed by atoms with E-state index in [0.717, 1.165) is 11.0 Å². The van der Waals surface area contributed by atoms with Crippen LogP contribution in [0, 0.1) is 5.92 Å². The maximum atomic E-state index is 13.3. The molecule has 9 heteroatoms. The Morgan fingerprint density at radius 2 is 1.93 bits per heavy atom. The molecule has 1 aromatic carbocycles. The predicted molar refractivity (Wildman–Crippen MR) is 91.4 cm³/mol. The molecule has 0 radical (unpaired) electrons. The molecule has 148 valence electrons. The van der Waals surface area contributed by atoms with Gasteiger partial charge in [-0.25, -0.2) is 0 Å². The van der Waals surface area contributed by atoms with Crippen LogP contribution in [0.4, 0.5) is 18.9 Å². The zero-order valence-electron chi connectivity index (χ0n) is 15.0. The van der Waals surface area contributed by atoms with Gasteiger partial charge in [0.1, 0.15) is 6.54 Å². The van der Waals surface area contributed by atoms with Crippen molar-refractivity contribution in [2.75, 3.05) is 24.5 Å². The molecule has 0 unspecified atom stereocenters. The van der Waals surface area contributed by atoms with Gasteiger partial charge in [0.15, 0.2) is 0 Å². The van der Waals surface area contributed by atoms with E-state index in [9.17, 15) is 27.6 Å². The van der Waals surface area contributed by atoms with E-state index in [1.54, 1.807) is 13.8 Å². The zero-order valence-corrected chi connectivity index (χ0v) is 15.0. The number of anilines is 1. The highest BCUT2D eigenvalue weighted by Crippen LogP contribution is 2.34. The van der Waals surface area contributed by atoms with Crippen LogP contribution in [0.3, 0.4) is 0 Å². The molecule has 0 spiro atoms. The summed E-state index contributed by atoms with van der Waals surface area (Å²) >= 11 is 0. The van der Waals surface area contributed by atoms with E-state index in [0.29, 0.717) is 12.5 Å². The van der Waals surface area contributed by atoms with Gasteiger partial charge in [-0.3, -0.25) is 14.4 Å². The molecule has 1 aromatic rings. The third kappa shape index (κ3) is 5.21. The summed E-state index contributed by atoms with van der Waals surface area (Å²) in [5.41, 5.74) is -1.35. The van der Waals surface area contributed by atoms with Crippen molar-refractivity contribution in [2.24, 2.45) is 5.92 Å². The third-order valence-corrected chi connectivity index (χ3v) is 4.08. The summed E-state index contributed by atoms with van der Waals surface area (Å²) in [5, 5.41) is 9.01. The van der Waals surface area contributed by atoms with Crippen molar-refractivity contribution in [1.82, 2.24) is 4.90 Å². The van der Waals surface area contributed by atoms with Crippen molar-refractivity contribution in [1.29, 1.82) is 0 Å². The number of amides is 2. The molecular formula is C18H21F3N2O4. The van der Waals surface area contributed by atoms with Gasteiger partial charge in [0, 0.05) is 30.8 Å². The lowest BCUT2D eigenvalue weighted by Gasteiger charge is -2.24. The van der Waals surface area contributed by atoms with E-state index in [1.807, 2.05) is 0 Å². The van der Waals surface area contributed by atoms with E-state index >= 15 is 0 Å². The fourth-order valence-electron chi connectivity index (χ4n) is 2.98. The van der Waals surface area contributed by atoms with Gasteiger partial charge in [0.2, 0.25) is 5.91 Å². The van der Waals surface area contributed by atoms with Crippen molar-refractivity contribution >= 4 is 23.5 Å². The molecule has 1 N–H and O–H groups in total. The molecule has 27 heavy (non-hydrogen) atoms. The summed E-state index contributed by atoms with van der Waals surface area (Å²) in [6.07, 6.45) is -3.95. The van der Waals surface area contributed by atoms with Crippen LogP contribution in [0.1, 0.15) is 42.6 Å². The number of hydrogen-bond acceptors (Lipinski definition) is 3. The smallest absolute Gasteiger partial charge is 0.416 e. The Bertz CT molecular complexity index is 747. The van der Waals surface area contributed by atoms with Gasteiger partial charge < -0.3 is 14.9 Å². The first-order chi connectivity index (χ1) is 12.5. The van der Waals surface area contributed by atoms with Gasteiger partial charge >= 0.3 is 12.1 Å². The molecule has 1 fully saturated rings. The molecule has 0 saturated carbocycles. The van der Waals surface area contributed by atoms with E-state index in [2.05, 4.69) is 0 Å². The number of carboxylic acids is 1. The average molecular weight is 386 g/mol.